The lowest BCUT2D eigenvalue weighted by atomic mass is 9.95. The van der Waals surface area contributed by atoms with Crippen LogP contribution in [0.1, 0.15) is 39.5 Å². The first-order chi connectivity index (χ1) is 16.7. The first-order valence-corrected chi connectivity index (χ1v) is 12.4. The van der Waals surface area contributed by atoms with Crippen LogP contribution in [0.2, 0.25) is 0 Å². The Morgan fingerprint density at radius 3 is 1.31 bits per heavy atom. The van der Waals surface area contributed by atoms with E-state index in [2.05, 4.69) is 10.6 Å². The number of nitrogens with one attached hydrogen (secondary N) is 2. The lowest BCUT2D eigenvalue weighted by Gasteiger charge is -2.45. The minimum Gasteiger partial charge on any atom is -0.395 e. The molecule has 0 bridgehead atoms. The fourth-order valence-electron chi connectivity index (χ4n) is 4.20. The molecule has 2 heterocycles. The summed E-state index contributed by atoms with van der Waals surface area (Å²) in [6.07, 6.45) is -12.3. The first-order valence-electron chi connectivity index (χ1n) is 12.4. The van der Waals surface area contributed by atoms with Crippen LogP contribution < -0.4 is 10.6 Å². The Kier molecular flexibility index (Phi) is 13.2. The average molecular weight is 513 g/mol. The normalized spacial score (nSPS) is 39.9. The third-order valence-corrected chi connectivity index (χ3v) is 6.76. The Morgan fingerprint density at radius 1 is 0.629 bits per heavy atom. The van der Waals surface area contributed by atoms with Gasteiger partial charge in [-0.15, -0.1) is 0 Å². The van der Waals surface area contributed by atoms with Gasteiger partial charge in [-0.3, -0.25) is 0 Å². The van der Waals surface area contributed by atoms with E-state index < -0.39 is 61.4 Å². The van der Waals surface area contributed by atoms with Crippen LogP contribution in [0.25, 0.3) is 0 Å². The van der Waals surface area contributed by atoms with E-state index in [1.165, 1.54) is 0 Å². The zero-order valence-corrected chi connectivity index (χ0v) is 20.4. The van der Waals surface area contributed by atoms with Crippen molar-refractivity contribution in [3.63, 3.8) is 0 Å². The second-order valence-corrected chi connectivity index (χ2v) is 9.23. The van der Waals surface area contributed by atoms with Gasteiger partial charge in [0.25, 0.3) is 0 Å². The second kappa shape index (κ2) is 15.0. The van der Waals surface area contributed by atoms with Gasteiger partial charge in [0.1, 0.15) is 36.6 Å². The van der Waals surface area contributed by atoms with Crippen LogP contribution in [0.3, 0.4) is 0 Å². The van der Waals surface area contributed by atoms with Crippen molar-refractivity contribution >= 4 is 0 Å². The van der Waals surface area contributed by atoms with Gasteiger partial charge in [0.15, 0.2) is 12.6 Å². The fraction of sp³-hybridized carbons (Fsp3) is 1.00. The van der Waals surface area contributed by atoms with Gasteiger partial charge in [-0.05, 0) is 38.8 Å². The van der Waals surface area contributed by atoms with E-state index in [1.807, 2.05) is 13.8 Å². The number of aliphatic hydroxyl groups is 8. The van der Waals surface area contributed by atoms with Crippen molar-refractivity contribution in [2.75, 3.05) is 26.3 Å². The predicted octanol–water partition coefficient (Wildman–Crippen LogP) is -3.88. The van der Waals surface area contributed by atoms with Crippen LogP contribution in [0.4, 0.5) is 0 Å². The molecule has 0 spiro atoms. The number of rotatable bonds is 14. The van der Waals surface area contributed by atoms with Gasteiger partial charge in [-0.1, -0.05) is 13.8 Å². The van der Waals surface area contributed by atoms with E-state index in [0.717, 1.165) is 0 Å². The molecule has 0 radical (unpaired) electrons. The average Bonchev–Trinajstić information content (AvgIpc) is 2.86. The number of hydrogen-bond donors (Lipinski definition) is 10. The molecule has 12 atom stereocenters. The maximum Gasteiger partial charge on any atom is 0.189 e. The summed E-state index contributed by atoms with van der Waals surface area (Å²) in [5.74, 6) is 0. The largest absolute Gasteiger partial charge is 0.395 e. The van der Waals surface area contributed by atoms with Crippen molar-refractivity contribution in [3.8, 4) is 0 Å². The SMILES string of the molecule is CCC(CO)NCC[C@@H]1O[C@H](OC2O[C@@H](CCNC(CC)CO)[C@@H](O)[C@H](O)[C@H]2O)[C@H](O)[C@@H](O)[C@@H]1O. The molecule has 13 nitrogen and oxygen atoms in total. The molecule has 0 saturated carbocycles. The lowest BCUT2D eigenvalue weighted by molar-refractivity contribution is -0.374. The molecule has 2 fully saturated rings. The molecule has 0 aromatic heterocycles. The minimum atomic E-state index is -1.66. The van der Waals surface area contributed by atoms with E-state index in [0.29, 0.717) is 25.9 Å². The molecule has 10 N–H and O–H groups in total. The van der Waals surface area contributed by atoms with Crippen molar-refractivity contribution in [1.82, 2.24) is 10.6 Å². The van der Waals surface area contributed by atoms with E-state index >= 15 is 0 Å². The standard InChI is InChI=1S/C22H44N2O11/c1-3-11(9-25)23-7-5-13-15(27)17(29)19(31)21(33-13)35-22-20(32)18(30)16(28)14(34-22)6-8-24-12(4-2)10-26/h11-32H,3-10H2,1-2H3/t11?,12?,13-,14-,15+,16+,17-,18-,19+,20+,21+,22?/m0/s1. The molecule has 2 rings (SSSR count). The Morgan fingerprint density at radius 2 is 1.00 bits per heavy atom. The van der Waals surface area contributed by atoms with Crippen molar-refractivity contribution in [3.05, 3.63) is 0 Å². The van der Waals surface area contributed by atoms with Gasteiger partial charge in [-0.2, -0.15) is 0 Å². The minimum absolute atomic E-state index is 0.0570. The van der Waals surface area contributed by atoms with Crippen LogP contribution in [-0.4, -0.2) is 141 Å². The highest BCUT2D eigenvalue weighted by Gasteiger charge is 2.49. The summed E-state index contributed by atoms with van der Waals surface area (Å²) < 4.78 is 16.9. The zero-order valence-electron chi connectivity index (χ0n) is 20.4. The molecule has 0 aliphatic carbocycles. The van der Waals surface area contributed by atoms with Gasteiger partial charge < -0.3 is 65.7 Å². The predicted molar refractivity (Wildman–Crippen MR) is 122 cm³/mol. The summed E-state index contributed by atoms with van der Waals surface area (Å²) in [7, 11) is 0. The molecular formula is C22H44N2O11. The smallest absolute Gasteiger partial charge is 0.189 e. The highest BCUT2D eigenvalue weighted by molar-refractivity contribution is 4.93. The van der Waals surface area contributed by atoms with Crippen molar-refractivity contribution in [2.24, 2.45) is 0 Å². The van der Waals surface area contributed by atoms with E-state index in [9.17, 15) is 40.9 Å². The summed E-state index contributed by atoms with van der Waals surface area (Å²) in [5.41, 5.74) is 0. The number of ether oxygens (including phenoxy) is 3. The quantitative estimate of drug-likeness (QED) is 0.108. The summed E-state index contributed by atoms with van der Waals surface area (Å²) in [6.45, 7) is 4.40. The maximum absolute atomic E-state index is 10.4. The molecule has 208 valence electrons. The third kappa shape index (κ3) is 8.23. The molecule has 3 unspecified atom stereocenters. The fourth-order valence-corrected chi connectivity index (χ4v) is 4.20. The zero-order chi connectivity index (χ0) is 26.1. The van der Waals surface area contributed by atoms with Crippen LogP contribution in [0.15, 0.2) is 0 Å². The van der Waals surface area contributed by atoms with Gasteiger partial charge >= 0.3 is 0 Å². The van der Waals surface area contributed by atoms with E-state index in [1.54, 1.807) is 0 Å². The van der Waals surface area contributed by atoms with E-state index in [-0.39, 0.29) is 38.1 Å². The van der Waals surface area contributed by atoms with Crippen LogP contribution >= 0.6 is 0 Å². The van der Waals surface area contributed by atoms with Gasteiger partial charge in [-0.25, -0.2) is 0 Å². The monoisotopic (exact) mass is 512 g/mol. The van der Waals surface area contributed by atoms with Crippen LogP contribution in [-0.2, 0) is 14.2 Å². The molecule has 2 aliphatic heterocycles. The Balaban J connectivity index is 1.99. The van der Waals surface area contributed by atoms with Gasteiger partial charge in [0, 0.05) is 12.1 Å². The van der Waals surface area contributed by atoms with Crippen molar-refractivity contribution in [1.29, 1.82) is 0 Å². The van der Waals surface area contributed by atoms with Crippen LogP contribution in [0.5, 0.6) is 0 Å². The van der Waals surface area contributed by atoms with Gasteiger partial charge in [0.05, 0.1) is 25.4 Å². The summed E-state index contributed by atoms with van der Waals surface area (Å²) in [4.78, 5) is 0. The Hall–Kier alpha value is -0.520. The van der Waals surface area contributed by atoms with Crippen molar-refractivity contribution < 1.29 is 55.1 Å². The van der Waals surface area contributed by atoms with Crippen LogP contribution in [0, 0.1) is 0 Å². The Bertz CT molecular complexity index is 536. The third-order valence-electron chi connectivity index (χ3n) is 6.76. The molecule has 0 amide bonds. The molecule has 13 heteroatoms. The number of hydrogen-bond acceptors (Lipinski definition) is 13. The highest BCUT2D eigenvalue weighted by atomic mass is 16.8. The molecule has 0 aromatic carbocycles. The van der Waals surface area contributed by atoms with Gasteiger partial charge in [0.2, 0.25) is 0 Å². The molecule has 35 heavy (non-hydrogen) atoms. The van der Waals surface area contributed by atoms with Crippen molar-refractivity contribution in [2.45, 2.75) is 113 Å². The molecule has 0 aromatic rings. The molecule has 2 aliphatic rings. The molecule has 2 saturated heterocycles. The summed E-state index contributed by atoms with van der Waals surface area (Å²) in [6, 6.07) is -0.262. The Labute approximate surface area is 205 Å². The molecular weight excluding hydrogens is 468 g/mol. The highest BCUT2D eigenvalue weighted by Crippen LogP contribution is 2.29. The second-order valence-electron chi connectivity index (χ2n) is 9.23. The lowest BCUT2D eigenvalue weighted by Crippen LogP contribution is -2.63. The first kappa shape index (κ1) is 30.7. The van der Waals surface area contributed by atoms with E-state index in [4.69, 9.17) is 14.2 Å². The topological polar surface area (TPSA) is 214 Å². The maximum atomic E-state index is 10.4. The summed E-state index contributed by atoms with van der Waals surface area (Å²) >= 11 is 0. The number of aliphatic hydroxyl groups excluding tert-OH is 8. The summed E-state index contributed by atoms with van der Waals surface area (Å²) in [5, 5.41) is 86.8.